The van der Waals surface area contributed by atoms with Gasteiger partial charge < -0.3 is 9.80 Å². The number of likely N-dealkylation sites (tertiary alicyclic amines) is 1. The molecule has 1 saturated heterocycles. The van der Waals surface area contributed by atoms with Gasteiger partial charge in [-0.15, -0.1) is 0 Å². The first-order valence-electron chi connectivity index (χ1n) is 9.78. The van der Waals surface area contributed by atoms with Crippen LogP contribution in [0.15, 0.2) is 54.6 Å². The third kappa shape index (κ3) is 3.54. The van der Waals surface area contributed by atoms with Crippen LogP contribution in [0.2, 0.25) is 0 Å². The van der Waals surface area contributed by atoms with Crippen molar-refractivity contribution >= 4 is 5.91 Å². The molecule has 2 aliphatic heterocycles. The topological polar surface area (TPSA) is 23.6 Å². The Morgan fingerprint density at radius 3 is 2.46 bits per heavy atom. The van der Waals surface area contributed by atoms with E-state index in [0.717, 1.165) is 44.7 Å². The first kappa shape index (κ1) is 17.3. The van der Waals surface area contributed by atoms with Crippen molar-refractivity contribution in [1.82, 2.24) is 9.80 Å². The first-order chi connectivity index (χ1) is 12.7. The number of carbonyl (C=O) groups excluding carboxylic acids is 1. The third-order valence-corrected chi connectivity index (χ3v) is 6.09. The number of carbonyl (C=O) groups is 1. The molecule has 1 unspecified atom stereocenters. The van der Waals surface area contributed by atoms with Crippen molar-refractivity contribution in [2.24, 2.45) is 5.41 Å². The van der Waals surface area contributed by atoms with Crippen molar-refractivity contribution in [2.75, 3.05) is 26.2 Å². The standard InChI is InChI=1S/C23H28N2O/c1-2-24-13-12-23(17-24)15-20-10-6-7-11-21(20)16-25(18-23)22(26)14-19-8-4-3-5-9-19/h3-11H,2,12-18H2,1H3. The van der Waals surface area contributed by atoms with Crippen LogP contribution in [-0.4, -0.2) is 41.9 Å². The highest BCUT2D eigenvalue weighted by Crippen LogP contribution is 2.38. The summed E-state index contributed by atoms with van der Waals surface area (Å²) in [6, 6.07) is 18.8. The highest BCUT2D eigenvalue weighted by molar-refractivity contribution is 5.79. The molecule has 26 heavy (non-hydrogen) atoms. The van der Waals surface area contributed by atoms with Crippen LogP contribution < -0.4 is 0 Å². The van der Waals surface area contributed by atoms with Gasteiger partial charge in [0.1, 0.15) is 0 Å². The molecule has 2 aromatic carbocycles. The second-order valence-electron chi connectivity index (χ2n) is 7.98. The van der Waals surface area contributed by atoms with E-state index in [1.54, 1.807) is 0 Å². The van der Waals surface area contributed by atoms with E-state index in [1.807, 2.05) is 30.3 Å². The molecule has 1 amide bonds. The van der Waals surface area contributed by atoms with E-state index >= 15 is 0 Å². The van der Waals surface area contributed by atoms with Crippen LogP contribution in [0.4, 0.5) is 0 Å². The lowest BCUT2D eigenvalue weighted by atomic mass is 9.80. The SMILES string of the molecule is CCN1CCC2(Cc3ccccc3CN(C(=O)Cc3ccccc3)C2)C1. The number of amides is 1. The summed E-state index contributed by atoms with van der Waals surface area (Å²) >= 11 is 0. The zero-order chi connectivity index (χ0) is 18.0. The van der Waals surface area contributed by atoms with Crippen LogP contribution in [0.3, 0.4) is 0 Å². The molecule has 2 aromatic rings. The molecule has 0 radical (unpaired) electrons. The minimum absolute atomic E-state index is 0.203. The van der Waals surface area contributed by atoms with Crippen LogP contribution in [0, 0.1) is 5.41 Å². The molecule has 0 N–H and O–H groups in total. The molecular weight excluding hydrogens is 320 g/mol. The number of hydrogen-bond acceptors (Lipinski definition) is 2. The van der Waals surface area contributed by atoms with Crippen LogP contribution in [0.5, 0.6) is 0 Å². The van der Waals surface area contributed by atoms with Crippen molar-refractivity contribution in [3.63, 3.8) is 0 Å². The predicted molar refractivity (Wildman–Crippen MR) is 105 cm³/mol. The van der Waals surface area contributed by atoms with E-state index in [2.05, 4.69) is 41.0 Å². The summed E-state index contributed by atoms with van der Waals surface area (Å²) in [5.41, 5.74) is 4.06. The maximum absolute atomic E-state index is 13.1. The van der Waals surface area contributed by atoms with Gasteiger partial charge in [0.15, 0.2) is 0 Å². The third-order valence-electron chi connectivity index (χ3n) is 6.09. The second kappa shape index (κ2) is 7.24. The van der Waals surface area contributed by atoms with Crippen LogP contribution in [-0.2, 0) is 24.2 Å². The van der Waals surface area contributed by atoms with Crippen LogP contribution in [0.25, 0.3) is 0 Å². The lowest BCUT2D eigenvalue weighted by molar-refractivity contribution is -0.132. The molecule has 3 heteroatoms. The van der Waals surface area contributed by atoms with E-state index in [9.17, 15) is 4.79 Å². The fourth-order valence-electron chi connectivity index (χ4n) is 4.64. The van der Waals surface area contributed by atoms with E-state index in [0.29, 0.717) is 6.42 Å². The summed E-state index contributed by atoms with van der Waals surface area (Å²) in [4.78, 5) is 17.8. The second-order valence-corrected chi connectivity index (χ2v) is 7.98. The average molecular weight is 348 g/mol. The molecule has 0 bridgehead atoms. The van der Waals surface area contributed by atoms with Gasteiger partial charge >= 0.3 is 0 Å². The summed E-state index contributed by atoms with van der Waals surface area (Å²) in [6.07, 6.45) is 2.77. The lowest BCUT2D eigenvalue weighted by Gasteiger charge is -2.33. The Hall–Kier alpha value is -2.13. The number of fused-ring (bicyclic) bond motifs is 1. The Morgan fingerprint density at radius 2 is 1.73 bits per heavy atom. The largest absolute Gasteiger partial charge is 0.337 e. The Kier molecular flexibility index (Phi) is 4.82. The summed E-state index contributed by atoms with van der Waals surface area (Å²) in [6.45, 7) is 7.22. The van der Waals surface area contributed by atoms with E-state index in [1.165, 1.54) is 17.5 Å². The summed E-state index contributed by atoms with van der Waals surface area (Å²) in [5, 5.41) is 0. The van der Waals surface area contributed by atoms with Crippen LogP contribution in [0.1, 0.15) is 30.0 Å². The Bertz CT molecular complexity index is 773. The van der Waals surface area contributed by atoms with E-state index in [-0.39, 0.29) is 11.3 Å². The van der Waals surface area contributed by atoms with Gasteiger partial charge in [0, 0.05) is 25.0 Å². The highest BCUT2D eigenvalue weighted by Gasteiger charge is 2.42. The van der Waals surface area contributed by atoms with Crippen molar-refractivity contribution in [3.8, 4) is 0 Å². The summed E-state index contributed by atoms with van der Waals surface area (Å²) in [5.74, 6) is 0.252. The zero-order valence-electron chi connectivity index (χ0n) is 15.7. The van der Waals surface area contributed by atoms with Gasteiger partial charge in [-0.25, -0.2) is 0 Å². The van der Waals surface area contributed by atoms with Crippen molar-refractivity contribution in [2.45, 2.75) is 32.7 Å². The van der Waals surface area contributed by atoms with Gasteiger partial charge in [-0.2, -0.15) is 0 Å². The van der Waals surface area contributed by atoms with Gasteiger partial charge in [0.05, 0.1) is 6.42 Å². The Morgan fingerprint density at radius 1 is 1.00 bits per heavy atom. The van der Waals surface area contributed by atoms with Crippen molar-refractivity contribution < 1.29 is 4.79 Å². The highest BCUT2D eigenvalue weighted by atomic mass is 16.2. The maximum Gasteiger partial charge on any atom is 0.227 e. The molecular formula is C23H28N2O. The minimum atomic E-state index is 0.203. The van der Waals surface area contributed by atoms with Gasteiger partial charge in [0.2, 0.25) is 5.91 Å². The van der Waals surface area contributed by atoms with E-state index in [4.69, 9.17) is 0 Å². The zero-order valence-corrected chi connectivity index (χ0v) is 15.7. The van der Waals surface area contributed by atoms with Crippen LogP contribution >= 0.6 is 0 Å². The minimum Gasteiger partial charge on any atom is -0.337 e. The first-order valence-corrected chi connectivity index (χ1v) is 9.78. The number of rotatable bonds is 3. The van der Waals surface area contributed by atoms with Gasteiger partial charge in [-0.05, 0) is 42.6 Å². The molecule has 0 aromatic heterocycles. The molecule has 2 heterocycles. The fourth-order valence-corrected chi connectivity index (χ4v) is 4.64. The monoisotopic (exact) mass is 348 g/mol. The van der Waals surface area contributed by atoms with Gasteiger partial charge in [-0.1, -0.05) is 61.5 Å². The quantitative estimate of drug-likeness (QED) is 0.847. The number of hydrogen-bond donors (Lipinski definition) is 0. The number of benzene rings is 2. The Balaban J connectivity index is 1.61. The molecule has 0 aliphatic carbocycles. The number of nitrogens with zero attached hydrogens (tertiary/aromatic N) is 2. The molecule has 1 atom stereocenters. The van der Waals surface area contributed by atoms with Crippen molar-refractivity contribution in [1.29, 1.82) is 0 Å². The molecule has 136 valence electrons. The van der Waals surface area contributed by atoms with Gasteiger partial charge in [-0.3, -0.25) is 4.79 Å². The van der Waals surface area contributed by atoms with E-state index < -0.39 is 0 Å². The molecule has 0 saturated carbocycles. The Labute approximate surface area is 156 Å². The summed E-state index contributed by atoms with van der Waals surface area (Å²) in [7, 11) is 0. The predicted octanol–water partition coefficient (Wildman–Crippen LogP) is 3.53. The smallest absolute Gasteiger partial charge is 0.227 e. The van der Waals surface area contributed by atoms with Crippen molar-refractivity contribution in [3.05, 3.63) is 71.3 Å². The molecule has 4 rings (SSSR count). The normalized spacial score (nSPS) is 23.0. The molecule has 3 nitrogen and oxygen atoms in total. The summed E-state index contributed by atoms with van der Waals surface area (Å²) < 4.78 is 0. The molecule has 2 aliphatic rings. The average Bonchev–Trinajstić information content (AvgIpc) is 2.98. The maximum atomic E-state index is 13.1. The molecule has 1 spiro atoms. The fraction of sp³-hybridized carbons (Fsp3) is 0.435. The molecule has 1 fully saturated rings. The lowest BCUT2D eigenvalue weighted by Crippen LogP contribution is -2.42. The van der Waals surface area contributed by atoms with Gasteiger partial charge in [0.25, 0.3) is 0 Å².